The molecule has 0 aliphatic heterocycles. The van der Waals surface area contributed by atoms with Crippen LogP contribution in [0.3, 0.4) is 0 Å². The summed E-state index contributed by atoms with van der Waals surface area (Å²) in [5.74, 6) is 2.06. The SMILES string of the molecule is CCNc1nc(-c2ccc(C)cc2)nc(N(CC)CC)n1. The largest absolute Gasteiger partial charge is 0.354 e. The molecule has 5 heteroatoms. The second kappa shape index (κ2) is 7.02. The monoisotopic (exact) mass is 285 g/mol. The minimum Gasteiger partial charge on any atom is -0.354 e. The van der Waals surface area contributed by atoms with Gasteiger partial charge < -0.3 is 10.2 Å². The van der Waals surface area contributed by atoms with E-state index in [1.165, 1.54) is 5.56 Å². The summed E-state index contributed by atoms with van der Waals surface area (Å²) in [5, 5.41) is 3.18. The van der Waals surface area contributed by atoms with E-state index in [1.807, 2.05) is 19.1 Å². The quantitative estimate of drug-likeness (QED) is 0.883. The zero-order valence-corrected chi connectivity index (χ0v) is 13.2. The van der Waals surface area contributed by atoms with E-state index >= 15 is 0 Å². The zero-order chi connectivity index (χ0) is 15.2. The zero-order valence-electron chi connectivity index (χ0n) is 13.2. The van der Waals surface area contributed by atoms with Gasteiger partial charge in [0.15, 0.2) is 5.82 Å². The molecule has 0 unspecified atom stereocenters. The Labute approximate surface area is 126 Å². The Morgan fingerprint density at radius 2 is 1.62 bits per heavy atom. The van der Waals surface area contributed by atoms with Crippen molar-refractivity contribution in [3.05, 3.63) is 29.8 Å². The summed E-state index contributed by atoms with van der Waals surface area (Å²) >= 11 is 0. The standard InChI is InChI=1S/C16H23N5/c1-5-17-15-18-14(13-10-8-12(4)9-11-13)19-16(20-15)21(6-2)7-3/h8-11H,5-7H2,1-4H3,(H,17,18,19,20). The predicted octanol–water partition coefficient (Wildman–Crippen LogP) is 3.13. The van der Waals surface area contributed by atoms with Crippen molar-refractivity contribution in [1.82, 2.24) is 15.0 Å². The Bertz CT molecular complexity index is 576. The first-order chi connectivity index (χ1) is 10.2. The van der Waals surface area contributed by atoms with Crippen molar-refractivity contribution in [2.24, 2.45) is 0 Å². The van der Waals surface area contributed by atoms with E-state index in [4.69, 9.17) is 0 Å². The number of aryl methyl sites for hydroxylation is 1. The van der Waals surface area contributed by atoms with E-state index in [0.29, 0.717) is 11.8 Å². The highest BCUT2D eigenvalue weighted by Gasteiger charge is 2.12. The smallest absolute Gasteiger partial charge is 0.230 e. The molecule has 112 valence electrons. The maximum atomic E-state index is 4.62. The second-order valence-electron chi connectivity index (χ2n) is 4.85. The van der Waals surface area contributed by atoms with Crippen LogP contribution >= 0.6 is 0 Å². The molecule has 0 aliphatic rings. The Balaban J connectivity index is 2.46. The molecule has 2 aromatic rings. The molecule has 1 aromatic heterocycles. The molecule has 0 atom stereocenters. The molecule has 1 N–H and O–H groups in total. The lowest BCUT2D eigenvalue weighted by atomic mass is 10.1. The molecule has 0 saturated carbocycles. The highest BCUT2D eigenvalue weighted by atomic mass is 15.3. The molecular weight excluding hydrogens is 262 g/mol. The summed E-state index contributed by atoms with van der Waals surface area (Å²) in [4.78, 5) is 15.8. The lowest BCUT2D eigenvalue weighted by Gasteiger charge is -2.19. The average Bonchev–Trinajstić information content (AvgIpc) is 2.49. The van der Waals surface area contributed by atoms with Crippen molar-refractivity contribution >= 4 is 11.9 Å². The summed E-state index contributed by atoms with van der Waals surface area (Å²) in [6.45, 7) is 10.8. The van der Waals surface area contributed by atoms with Crippen LogP contribution in [0.1, 0.15) is 26.3 Å². The van der Waals surface area contributed by atoms with Gasteiger partial charge in [0, 0.05) is 25.2 Å². The number of benzene rings is 1. The summed E-state index contributed by atoms with van der Waals surface area (Å²) < 4.78 is 0. The van der Waals surface area contributed by atoms with Crippen molar-refractivity contribution in [3.63, 3.8) is 0 Å². The van der Waals surface area contributed by atoms with Gasteiger partial charge in [-0.15, -0.1) is 0 Å². The van der Waals surface area contributed by atoms with Crippen LogP contribution in [0.5, 0.6) is 0 Å². The third kappa shape index (κ3) is 3.68. The third-order valence-corrected chi connectivity index (χ3v) is 3.31. The number of nitrogens with one attached hydrogen (secondary N) is 1. The van der Waals surface area contributed by atoms with Crippen LogP contribution in [0.4, 0.5) is 11.9 Å². The van der Waals surface area contributed by atoms with E-state index in [2.05, 4.69) is 58.1 Å². The van der Waals surface area contributed by atoms with Crippen LogP contribution in [0, 0.1) is 6.92 Å². The lowest BCUT2D eigenvalue weighted by molar-refractivity contribution is 0.814. The van der Waals surface area contributed by atoms with Gasteiger partial charge in [0.05, 0.1) is 0 Å². The van der Waals surface area contributed by atoms with Gasteiger partial charge in [-0.1, -0.05) is 29.8 Å². The number of nitrogens with zero attached hydrogens (tertiary/aromatic N) is 4. The molecule has 0 fully saturated rings. The van der Waals surface area contributed by atoms with E-state index in [-0.39, 0.29) is 0 Å². The number of rotatable bonds is 6. The molecule has 0 radical (unpaired) electrons. The Morgan fingerprint density at radius 3 is 2.19 bits per heavy atom. The van der Waals surface area contributed by atoms with Crippen LogP contribution in [0.15, 0.2) is 24.3 Å². The van der Waals surface area contributed by atoms with Gasteiger partial charge in [-0.05, 0) is 27.7 Å². The van der Waals surface area contributed by atoms with Crippen LogP contribution in [-0.4, -0.2) is 34.6 Å². The van der Waals surface area contributed by atoms with E-state index in [9.17, 15) is 0 Å². The first-order valence-corrected chi connectivity index (χ1v) is 7.49. The molecule has 0 bridgehead atoms. The van der Waals surface area contributed by atoms with Gasteiger partial charge in [-0.25, -0.2) is 0 Å². The third-order valence-electron chi connectivity index (χ3n) is 3.31. The molecule has 0 aliphatic carbocycles. The summed E-state index contributed by atoms with van der Waals surface area (Å²) in [6.07, 6.45) is 0. The number of aromatic nitrogens is 3. The van der Waals surface area contributed by atoms with Crippen LogP contribution in [0.2, 0.25) is 0 Å². The molecule has 1 aromatic carbocycles. The maximum Gasteiger partial charge on any atom is 0.230 e. The van der Waals surface area contributed by atoms with E-state index in [1.54, 1.807) is 0 Å². The number of anilines is 2. The Morgan fingerprint density at radius 1 is 0.952 bits per heavy atom. The van der Waals surface area contributed by atoms with Crippen LogP contribution in [-0.2, 0) is 0 Å². The molecular formula is C16H23N5. The summed E-state index contributed by atoms with van der Waals surface area (Å²) in [5.41, 5.74) is 2.24. The highest BCUT2D eigenvalue weighted by molar-refractivity contribution is 5.58. The van der Waals surface area contributed by atoms with E-state index < -0.39 is 0 Å². The molecule has 5 nitrogen and oxygen atoms in total. The minimum absolute atomic E-state index is 0.630. The van der Waals surface area contributed by atoms with Crippen LogP contribution < -0.4 is 10.2 Å². The molecule has 2 rings (SSSR count). The highest BCUT2D eigenvalue weighted by Crippen LogP contribution is 2.20. The Hall–Kier alpha value is -2.17. The number of hydrogen-bond acceptors (Lipinski definition) is 5. The van der Waals surface area contributed by atoms with Crippen molar-refractivity contribution in [3.8, 4) is 11.4 Å². The normalized spacial score (nSPS) is 10.5. The van der Waals surface area contributed by atoms with Crippen molar-refractivity contribution < 1.29 is 0 Å². The van der Waals surface area contributed by atoms with Gasteiger partial charge in [0.25, 0.3) is 0 Å². The van der Waals surface area contributed by atoms with Gasteiger partial charge in [0.2, 0.25) is 11.9 Å². The minimum atomic E-state index is 0.630. The number of hydrogen-bond donors (Lipinski definition) is 1. The fourth-order valence-electron chi connectivity index (χ4n) is 2.08. The second-order valence-corrected chi connectivity index (χ2v) is 4.85. The van der Waals surface area contributed by atoms with Crippen molar-refractivity contribution in [1.29, 1.82) is 0 Å². The lowest BCUT2D eigenvalue weighted by Crippen LogP contribution is -2.25. The van der Waals surface area contributed by atoms with Crippen molar-refractivity contribution in [2.75, 3.05) is 29.9 Å². The van der Waals surface area contributed by atoms with Gasteiger partial charge in [0.1, 0.15) is 0 Å². The fourth-order valence-corrected chi connectivity index (χ4v) is 2.08. The molecule has 1 heterocycles. The summed E-state index contributed by atoms with van der Waals surface area (Å²) in [6, 6.07) is 8.24. The fraction of sp³-hybridized carbons (Fsp3) is 0.438. The Kier molecular flexibility index (Phi) is 5.09. The molecule has 0 saturated heterocycles. The van der Waals surface area contributed by atoms with Crippen LogP contribution in [0.25, 0.3) is 11.4 Å². The van der Waals surface area contributed by atoms with E-state index in [0.717, 1.165) is 31.1 Å². The van der Waals surface area contributed by atoms with Crippen molar-refractivity contribution in [2.45, 2.75) is 27.7 Å². The first kappa shape index (κ1) is 15.2. The topological polar surface area (TPSA) is 53.9 Å². The molecule has 0 amide bonds. The first-order valence-electron chi connectivity index (χ1n) is 7.49. The van der Waals surface area contributed by atoms with Gasteiger partial charge >= 0.3 is 0 Å². The average molecular weight is 285 g/mol. The molecule has 21 heavy (non-hydrogen) atoms. The maximum absolute atomic E-state index is 4.62. The predicted molar refractivity (Wildman–Crippen MR) is 87.7 cm³/mol. The van der Waals surface area contributed by atoms with Gasteiger partial charge in [-0.3, -0.25) is 0 Å². The summed E-state index contributed by atoms with van der Waals surface area (Å²) in [7, 11) is 0. The molecule has 0 spiro atoms. The van der Waals surface area contributed by atoms with Gasteiger partial charge in [-0.2, -0.15) is 15.0 Å².